The van der Waals surface area contributed by atoms with E-state index in [9.17, 15) is 4.79 Å². The lowest BCUT2D eigenvalue weighted by atomic mass is 10.2. The van der Waals surface area contributed by atoms with Gasteiger partial charge in [-0.15, -0.1) is 0 Å². The largest absolute Gasteiger partial charge is 0.273 e. The van der Waals surface area contributed by atoms with Gasteiger partial charge >= 0.3 is 0 Å². The fraction of sp³-hybridized carbons (Fsp3) is 0.364. The first-order valence-electron chi connectivity index (χ1n) is 5.19. The van der Waals surface area contributed by atoms with Gasteiger partial charge in [0, 0.05) is 11.4 Å². The third-order valence-corrected chi connectivity index (χ3v) is 3.03. The normalized spacial score (nSPS) is 10.4. The Bertz CT molecular complexity index is 400. The molecule has 0 aliphatic heterocycles. The summed E-state index contributed by atoms with van der Waals surface area (Å²) in [5, 5.41) is 1.90. The van der Waals surface area contributed by atoms with Gasteiger partial charge in [-0.05, 0) is 18.6 Å². The number of anilines is 1. The Balaban J connectivity index is 2.96. The van der Waals surface area contributed by atoms with Crippen LogP contribution in [0.15, 0.2) is 12.1 Å². The van der Waals surface area contributed by atoms with E-state index in [0.717, 1.165) is 17.9 Å². The number of carbonyl (C=O) groups excluding carboxylic acids is 1. The highest BCUT2D eigenvalue weighted by molar-refractivity contribution is 6.42. The molecule has 0 spiro atoms. The quantitative estimate of drug-likeness (QED) is 0.517. The number of halogens is 3. The van der Waals surface area contributed by atoms with Gasteiger partial charge < -0.3 is 0 Å². The molecular weight excluding hydrogens is 282 g/mol. The Morgan fingerprint density at radius 3 is 2.29 bits per heavy atom. The summed E-state index contributed by atoms with van der Waals surface area (Å²) in [7, 11) is 0. The second kappa shape index (κ2) is 6.45. The molecule has 3 nitrogen and oxygen atoms in total. The second-order valence-electron chi connectivity index (χ2n) is 3.59. The first-order chi connectivity index (χ1) is 7.97. The van der Waals surface area contributed by atoms with Crippen molar-refractivity contribution in [1.29, 1.82) is 0 Å². The van der Waals surface area contributed by atoms with Crippen molar-refractivity contribution in [3.05, 3.63) is 27.2 Å². The Kier molecular flexibility index (Phi) is 5.53. The standard InChI is InChI=1S/C11H13Cl3N2O/c1-2-3-4-10(17)16(15)11-8(13)5-7(12)6-9(11)14/h5-6H,2-4,15H2,1H3. The number of benzene rings is 1. The first-order valence-corrected chi connectivity index (χ1v) is 6.33. The minimum Gasteiger partial charge on any atom is -0.273 e. The molecule has 0 atom stereocenters. The SMILES string of the molecule is CCCCC(=O)N(N)c1c(Cl)cc(Cl)cc1Cl. The van der Waals surface area contributed by atoms with E-state index in [1.807, 2.05) is 6.92 Å². The predicted molar refractivity (Wildman–Crippen MR) is 72.7 cm³/mol. The van der Waals surface area contributed by atoms with Gasteiger partial charge in [0.05, 0.1) is 15.7 Å². The smallest absolute Gasteiger partial charge is 0.241 e. The van der Waals surface area contributed by atoms with Gasteiger partial charge in [0.1, 0.15) is 0 Å². The zero-order valence-electron chi connectivity index (χ0n) is 9.34. The molecule has 0 unspecified atom stereocenters. The van der Waals surface area contributed by atoms with Crippen LogP contribution in [0.25, 0.3) is 0 Å². The predicted octanol–water partition coefficient (Wildman–Crippen LogP) is 4.04. The minimum absolute atomic E-state index is 0.224. The van der Waals surface area contributed by atoms with Crippen molar-refractivity contribution < 1.29 is 4.79 Å². The third-order valence-electron chi connectivity index (χ3n) is 2.24. The highest BCUT2D eigenvalue weighted by Crippen LogP contribution is 2.35. The Hall–Kier alpha value is -0.480. The average molecular weight is 296 g/mol. The molecule has 94 valence electrons. The van der Waals surface area contributed by atoms with Gasteiger partial charge in [0.15, 0.2) is 0 Å². The molecule has 0 aliphatic rings. The zero-order valence-corrected chi connectivity index (χ0v) is 11.6. The van der Waals surface area contributed by atoms with Crippen molar-refractivity contribution in [2.24, 2.45) is 5.84 Å². The maximum absolute atomic E-state index is 11.7. The van der Waals surface area contributed by atoms with Crippen molar-refractivity contribution in [3.63, 3.8) is 0 Å². The Morgan fingerprint density at radius 1 is 1.29 bits per heavy atom. The Labute approximate surface area is 115 Å². The van der Waals surface area contributed by atoms with Crippen LogP contribution in [0.4, 0.5) is 5.69 Å². The molecule has 1 amide bonds. The van der Waals surface area contributed by atoms with Crippen LogP contribution in [-0.2, 0) is 4.79 Å². The van der Waals surface area contributed by atoms with Crippen molar-refractivity contribution in [2.75, 3.05) is 5.01 Å². The van der Waals surface area contributed by atoms with E-state index in [2.05, 4.69) is 0 Å². The number of hydrogen-bond donors (Lipinski definition) is 1. The number of hydrazine groups is 1. The molecule has 6 heteroatoms. The van der Waals surface area contributed by atoms with Crippen LogP contribution in [0.3, 0.4) is 0 Å². The molecule has 1 aromatic rings. The number of nitrogens with two attached hydrogens (primary N) is 1. The maximum Gasteiger partial charge on any atom is 0.241 e. The van der Waals surface area contributed by atoms with Gasteiger partial charge in [-0.2, -0.15) is 0 Å². The molecule has 0 saturated carbocycles. The van der Waals surface area contributed by atoms with Crippen LogP contribution < -0.4 is 10.9 Å². The summed E-state index contributed by atoms with van der Waals surface area (Å²) in [5.74, 6) is 5.48. The number of amides is 1. The summed E-state index contributed by atoms with van der Waals surface area (Å²) in [6, 6.07) is 2.99. The number of hydrogen-bond acceptors (Lipinski definition) is 2. The van der Waals surface area contributed by atoms with E-state index < -0.39 is 0 Å². The van der Waals surface area contributed by atoms with E-state index in [1.54, 1.807) is 0 Å². The number of carbonyl (C=O) groups is 1. The van der Waals surface area contributed by atoms with Crippen LogP contribution in [0, 0.1) is 0 Å². The van der Waals surface area contributed by atoms with E-state index >= 15 is 0 Å². The summed E-state index contributed by atoms with van der Waals surface area (Å²) in [6.45, 7) is 2.00. The van der Waals surface area contributed by atoms with E-state index in [4.69, 9.17) is 40.6 Å². The van der Waals surface area contributed by atoms with Gasteiger partial charge in [-0.1, -0.05) is 48.1 Å². The van der Waals surface area contributed by atoms with Crippen molar-refractivity contribution in [3.8, 4) is 0 Å². The monoisotopic (exact) mass is 294 g/mol. The molecule has 0 heterocycles. The Morgan fingerprint density at radius 2 is 1.82 bits per heavy atom. The lowest BCUT2D eigenvalue weighted by Gasteiger charge is -2.19. The molecule has 17 heavy (non-hydrogen) atoms. The van der Waals surface area contributed by atoms with E-state index in [0.29, 0.717) is 17.1 Å². The van der Waals surface area contributed by atoms with Gasteiger partial charge in [0.25, 0.3) is 0 Å². The van der Waals surface area contributed by atoms with Gasteiger partial charge in [0.2, 0.25) is 5.91 Å². The molecule has 0 bridgehead atoms. The minimum atomic E-state index is -0.224. The summed E-state index contributed by atoms with van der Waals surface area (Å²) in [4.78, 5) is 11.7. The van der Waals surface area contributed by atoms with Crippen molar-refractivity contribution in [2.45, 2.75) is 26.2 Å². The lowest BCUT2D eigenvalue weighted by molar-refractivity contribution is -0.118. The van der Waals surface area contributed by atoms with Crippen molar-refractivity contribution >= 4 is 46.4 Å². The second-order valence-corrected chi connectivity index (χ2v) is 4.84. The number of nitrogens with zero attached hydrogens (tertiary/aromatic N) is 1. The average Bonchev–Trinajstić information content (AvgIpc) is 2.24. The molecule has 1 rings (SSSR count). The van der Waals surface area contributed by atoms with Gasteiger partial charge in [-0.25, -0.2) is 10.9 Å². The molecule has 1 aromatic carbocycles. The molecular formula is C11H13Cl3N2O. The molecule has 0 aliphatic carbocycles. The van der Waals surface area contributed by atoms with E-state index in [-0.39, 0.29) is 16.0 Å². The van der Waals surface area contributed by atoms with Crippen LogP contribution in [0.1, 0.15) is 26.2 Å². The topological polar surface area (TPSA) is 46.3 Å². The van der Waals surface area contributed by atoms with Crippen LogP contribution in [0.2, 0.25) is 15.1 Å². The molecule has 0 aromatic heterocycles. The molecule has 0 saturated heterocycles. The molecule has 0 radical (unpaired) electrons. The number of rotatable bonds is 4. The van der Waals surface area contributed by atoms with E-state index in [1.165, 1.54) is 12.1 Å². The molecule has 0 fully saturated rings. The summed E-state index contributed by atoms with van der Waals surface area (Å²) >= 11 is 17.7. The fourth-order valence-corrected chi connectivity index (χ4v) is 2.34. The maximum atomic E-state index is 11.7. The first kappa shape index (κ1) is 14.6. The van der Waals surface area contributed by atoms with Crippen LogP contribution in [0.5, 0.6) is 0 Å². The summed E-state index contributed by atoms with van der Waals surface area (Å²) in [5.41, 5.74) is 0.291. The zero-order chi connectivity index (χ0) is 13.0. The lowest BCUT2D eigenvalue weighted by Crippen LogP contribution is -2.37. The fourth-order valence-electron chi connectivity index (χ4n) is 1.34. The van der Waals surface area contributed by atoms with Crippen molar-refractivity contribution in [1.82, 2.24) is 0 Å². The number of unbranched alkanes of at least 4 members (excludes halogenated alkanes) is 1. The molecule has 2 N–H and O–H groups in total. The summed E-state index contributed by atoms with van der Waals surface area (Å²) < 4.78 is 0. The summed E-state index contributed by atoms with van der Waals surface area (Å²) in [6.07, 6.45) is 2.05. The highest BCUT2D eigenvalue weighted by atomic mass is 35.5. The van der Waals surface area contributed by atoms with Gasteiger partial charge in [-0.3, -0.25) is 4.79 Å². The highest BCUT2D eigenvalue weighted by Gasteiger charge is 2.18. The van der Waals surface area contributed by atoms with Crippen LogP contribution in [-0.4, -0.2) is 5.91 Å². The third kappa shape index (κ3) is 3.75. The van der Waals surface area contributed by atoms with Crippen LogP contribution >= 0.6 is 34.8 Å².